The van der Waals surface area contributed by atoms with E-state index >= 15 is 0 Å². The zero-order valence-electron chi connectivity index (χ0n) is 22.2. The van der Waals surface area contributed by atoms with Gasteiger partial charge in [-0.1, -0.05) is 19.1 Å². The molecular formula is C30H32O9. The van der Waals surface area contributed by atoms with Crippen LogP contribution < -0.4 is 0 Å². The Morgan fingerprint density at radius 2 is 1.82 bits per heavy atom. The minimum Gasteiger partial charge on any atom is -0.472 e. The Hall–Kier alpha value is -2.49. The molecule has 12 atom stereocenters. The highest BCUT2D eigenvalue weighted by Crippen LogP contribution is 2.86. The highest BCUT2D eigenvalue weighted by Gasteiger charge is 2.95. The Labute approximate surface area is 225 Å². The van der Waals surface area contributed by atoms with Crippen LogP contribution in [0.3, 0.4) is 0 Å². The van der Waals surface area contributed by atoms with Crippen LogP contribution in [-0.2, 0) is 33.3 Å². The topological polar surface area (TPSA) is 125 Å². The predicted molar refractivity (Wildman–Crippen MR) is 130 cm³/mol. The lowest BCUT2D eigenvalue weighted by molar-refractivity contribution is -0.276. The van der Waals surface area contributed by atoms with Crippen molar-refractivity contribution < 1.29 is 42.9 Å². The third kappa shape index (κ3) is 1.96. The summed E-state index contributed by atoms with van der Waals surface area (Å²) in [6.07, 6.45) is 5.98. The van der Waals surface area contributed by atoms with E-state index in [1.807, 2.05) is 26.0 Å². The van der Waals surface area contributed by atoms with Crippen molar-refractivity contribution in [3.05, 3.63) is 36.3 Å². The smallest absolute Gasteiger partial charge is 0.339 e. The van der Waals surface area contributed by atoms with Crippen LogP contribution in [0.2, 0.25) is 0 Å². The quantitative estimate of drug-likeness (QED) is 0.328. The largest absolute Gasteiger partial charge is 0.472 e. The lowest BCUT2D eigenvalue weighted by atomic mass is 9.31. The van der Waals surface area contributed by atoms with E-state index in [1.165, 1.54) is 0 Å². The van der Waals surface area contributed by atoms with Crippen LogP contribution >= 0.6 is 0 Å². The van der Waals surface area contributed by atoms with E-state index < -0.39 is 69.2 Å². The number of ether oxygens (including phenoxy) is 4. The molecule has 4 bridgehead atoms. The number of fused-ring (bicyclic) bond motifs is 2. The maximum Gasteiger partial charge on any atom is 0.339 e. The standard InChI is InChI=1S/C30H32O9/c1-25(2)29-9-4-8-27(18(31)19(29)32)17-14(5-6-16-21(38-25)28(17,29)13-36-23(16)33)11-26(3)20(15-7-10-35-12-15)37-24(34)22-30(26,27)39-22/h4,7,9-10,12,14,16-18,20-22,31H,5-6,8,11,13H2,1-3H3/t14?,16-,17?,18-,20+,21-,22-,26+,27+,28-,29-,30+/m1/s1. The van der Waals surface area contributed by atoms with Gasteiger partial charge < -0.3 is 28.5 Å². The van der Waals surface area contributed by atoms with Gasteiger partial charge in [0.2, 0.25) is 0 Å². The van der Waals surface area contributed by atoms with Crippen LogP contribution in [-0.4, -0.2) is 58.9 Å². The molecule has 2 unspecified atom stereocenters. The van der Waals surface area contributed by atoms with Crippen molar-refractivity contribution in [2.45, 2.75) is 82.1 Å². The summed E-state index contributed by atoms with van der Waals surface area (Å²) < 4.78 is 30.9. The van der Waals surface area contributed by atoms with Crippen molar-refractivity contribution >= 4 is 17.7 Å². The Balaban J connectivity index is 1.38. The molecule has 9 nitrogen and oxygen atoms in total. The van der Waals surface area contributed by atoms with Gasteiger partial charge in [-0.25, -0.2) is 4.79 Å². The molecule has 1 aromatic rings. The van der Waals surface area contributed by atoms with Crippen LogP contribution in [0.1, 0.15) is 58.1 Å². The highest BCUT2D eigenvalue weighted by atomic mass is 16.7. The molecule has 4 spiro atoms. The number of carbonyl (C=O) groups excluding carboxylic acids is 3. The first-order valence-electron chi connectivity index (χ1n) is 14.2. The van der Waals surface area contributed by atoms with E-state index in [4.69, 9.17) is 23.4 Å². The maximum atomic E-state index is 14.9. The fraction of sp³-hybridized carbons (Fsp3) is 0.700. The minimum atomic E-state index is -1.39. The van der Waals surface area contributed by atoms with E-state index in [0.717, 1.165) is 5.56 Å². The molecule has 0 radical (unpaired) electrons. The van der Waals surface area contributed by atoms with Crippen molar-refractivity contribution in [1.82, 2.24) is 0 Å². The van der Waals surface area contributed by atoms with Crippen LogP contribution in [0, 0.1) is 39.4 Å². The van der Waals surface area contributed by atoms with Crippen LogP contribution in [0.15, 0.2) is 35.2 Å². The summed E-state index contributed by atoms with van der Waals surface area (Å²) in [4.78, 5) is 41.6. The summed E-state index contributed by atoms with van der Waals surface area (Å²) in [5, 5.41) is 12.4. The molecule has 7 fully saturated rings. The second-order valence-corrected chi connectivity index (χ2v) is 14.1. The molecule has 3 saturated carbocycles. The number of hydrogen-bond donors (Lipinski definition) is 1. The van der Waals surface area contributed by atoms with Crippen molar-refractivity contribution in [3.63, 3.8) is 0 Å². The van der Waals surface area contributed by atoms with Gasteiger partial charge in [0.25, 0.3) is 0 Å². The van der Waals surface area contributed by atoms with Gasteiger partial charge >= 0.3 is 11.9 Å². The monoisotopic (exact) mass is 536 g/mol. The van der Waals surface area contributed by atoms with Gasteiger partial charge in [-0.05, 0) is 57.4 Å². The SMILES string of the molecule is CC1(C)O[C@@H]2[C@H]3CCC4C[C@@]5(C)[C@H](c6ccoc6)OC(=O)[C@H]6O[C@@]65[C@]56CC=C[C@]1(C(=O)[C@H]5O)[C@]2(COC3=O)C46. The van der Waals surface area contributed by atoms with Gasteiger partial charge in [0.05, 0.1) is 41.0 Å². The second-order valence-electron chi connectivity index (χ2n) is 14.1. The van der Waals surface area contributed by atoms with Crippen molar-refractivity contribution in [2.24, 2.45) is 39.4 Å². The molecule has 5 aliphatic carbocycles. The Kier molecular flexibility index (Phi) is 3.79. The number of Topliss-reactive ketones (excluding diaryl/α,β-unsaturated/α-hetero) is 1. The van der Waals surface area contributed by atoms with Gasteiger partial charge in [-0.15, -0.1) is 0 Å². The first-order valence-corrected chi connectivity index (χ1v) is 14.2. The average Bonchev–Trinajstić information content (AvgIpc) is 3.48. The Morgan fingerprint density at radius 1 is 1.00 bits per heavy atom. The maximum absolute atomic E-state index is 14.9. The Morgan fingerprint density at radius 3 is 2.59 bits per heavy atom. The number of cyclic esters (lactones) is 2. The molecule has 4 saturated heterocycles. The zero-order valence-corrected chi connectivity index (χ0v) is 22.2. The average molecular weight is 537 g/mol. The molecule has 5 heterocycles. The molecule has 206 valence electrons. The van der Waals surface area contributed by atoms with E-state index in [-0.39, 0.29) is 30.2 Å². The third-order valence-corrected chi connectivity index (χ3v) is 12.8. The van der Waals surface area contributed by atoms with E-state index in [9.17, 15) is 19.5 Å². The summed E-state index contributed by atoms with van der Waals surface area (Å²) >= 11 is 0. The number of epoxide rings is 1. The van der Waals surface area contributed by atoms with E-state index in [2.05, 4.69) is 6.92 Å². The summed E-state index contributed by atoms with van der Waals surface area (Å²) in [5.74, 6) is -1.83. The lowest BCUT2D eigenvalue weighted by Crippen LogP contribution is -2.80. The number of ketones is 1. The van der Waals surface area contributed by atoms with Gasteiger partial charge in [0, 0.05) is 16.4 Å². The van der Waals surface area contributed by atoms with Crippen LogP contribution in [0.4, 0.5) is 0 Å². The molecular weight excluding hydrogens is 504 g/mol. The number of hydrogen-bond acceptors (Lipinski definition) is 9. The number of allylic oxidation sites excluding steroid dienone is 1. The molecule has 9 aliphatic rings. The molecule has 0 aromatic carbocycles. The van der Waals surface area contributed by atoms with Gasteiger partial charge in [-0.3, -0.25) is 9.59 Å². The first-order chi connectivity index (χ1) is 18.5. The molecule has 0 amide bonds. The van der Waals surface area contributed by atoms with Crippen molar-refractivity contribution in [3.8, 4) is 0 Å². The van der Waals surface area contributed by atoms with Gasteiger partial charge in [0.15, 0.2) is 11.9 Å². The molecule has 4 aliphatic heterocycles. The van der Waals surface area contributed by atoms with Gasteiger partial charge in [0.1, 0.15) is 24.4 Å². The normalized spacial score (nSPS) is 56.9. The first kappa shape index (κ1) is 23.2. The molecule has 10 rings (SSSR count). The summed E-state index contributed by atoms with van der Waals surface area (Å²) in [6.45, 7) is 5.95. The van der Waals surface area contributed by atoms with Crippen LogP contribution in [0.5, 0.6) is 0 Å². The second kappa shape index (κ2) is 6.37. The van der Waals surface area contributed by atoms with Gasteiger partial charge in [-0.2, -0.15) is 0 Å². The number of carbonyl (C=O) groups is 3. The minimum absolute atomic E-state index is 0.0122. The summed E-state index contributed by atoms with van der Waals surface area (Å²) in [5.41, 5.74) is -5.30. The van der Waals surface area contributed by atoms with Crippen LogP contribution in [0.25, 0.3) is 0 Å². The number of esters is 2. The number of aliphatic hydroxyl groups excluding tert-OH is 1. The van der Waals surface area contributed by atoms with E-state index in [1.54, 1.807) is 18.6 Å². The zero-order chi connectivity index (χ0) is 27.0. The number of furan rings is 1. The summed E-state index contributed by atoms with van der Waals surface area (Å²) in [6, 6.07) is 1.80. The third-order valence-electron chi connectivity index (χ3n) is 12.8. The van der Waals surface area contributed by atoms with Crippen molar-refractivity contribution in [2.75, 3.05) is 6.61 Å². The summed E-state index contributed by atoms with van der Waals surface area (Å²) in [7, 11) is 0. The Bertz CT molecular complexity index is 1400. The molecule has 9 heteroatoms. The number of aliphatic hydroxyl groups is 1. The highest BCUT2D eigenvalue weighted by molar-refractivity contribution is 5.97. The molecule has 1 aromatic heterocycles. The van der Waals surface area contributed by atoms with E-state index in [0.29, 0.717) is 25.7 Å². The molecule has 39 heavy (non-hydrogen) atoms. The fourth-order valence-electron chi connectivity index (χ4n) is 11.9. The predicted octanol–water partition coefficient (Wildman–Crippen LogP) is 2.66. The van der Waals surface area contributed by atoms with Crippen molar-refractivity contribution in [1.29, 1.82) is 0 Å². The lowest BCUT2D eigenvalue weighted by Gasteiger charge is -2.70. The number of rotatable bonds is 1. The molecule has 1 N–H and O–H groups in total. The fourth-order valence-corrected chi connectivity index (χ4v) is 11.9.